The molecule has 2 aromatic rings. The Hall–Kier alpha value is -0.950. The monoisotopic (exact) mass is 325 g/mol. The SMILES string of the molecule is Fc1ccc(C(F)(F)F)cc1-c1csc(Br)n1. The summed E-state index contributed by atoms with van der Waals surface area (Å²) in [5.74, 6) is -0.726. The lowest BCUT2D eigenvalue weighted by Gasteiger charge is -2.08. The molecule has 0 bridgehead atoms. The molecule has 0 atom stereocenters. The zero-order valence-electron chi connectivity index (χ0n) is 8.05. The number of aromatic nitrogens is 1. The van der Waals surface area contributed by atoms with Gasteiger partial charge in [-0.15, -0.1) is 11.3 Å². The Morgan fingerprint density at radius 3 is 2.47 bits per heavy atom. The van der Waals surface area contributed by atoms with Crippen molar-refractivity contribution in [2.24, 2.45) is 0 Å². The van der Waals surface area contributed by atoms with Gasteiger partial charge < -0.3 is 0 Å². The highest BCUT2D eigenvalue weighted by atomic mass is 79.9. The van der Waals surface area contributed by atoms with Gasteiger partial charge in [0.2, 0.25) is 0 Å². The summed E-state index contributed by atoms with van der Waals surface area (Å²) in [7, 11) is 0. The van der Waals surface area contributed by atoms with Gasteiger partial charge in [-0.25, -0.2) is 9.37 Å². The number of alkyl halides is 3. The topological polar surface area (TPSA) is 12.9 Å². The molecule has 0 N–H and O–H groups in total. The fourth-order valence-corrected chi connectivity index (χ4v) is 2.28. The molecule has 17 heavy (non-hydrogen) atoms. The van der Waals surface area contributed by atoms with E-state index < -0.39 is 17.6 Å². The first-order valence-electron chi connectivity index (χ1n) is 4.36. The lowest BCUT2D eigenvalue weighted by atomic mass is 10.1. The third-order valence-corrected chi connectivity index (χ3v) is 3.41. The number of hydrogen-bond donors (Lipinski definition) is 0. The highest BCUT2D eigenvalue weighted by Crippen LogP contribution is 2.34. The summed E-state index contributed by atoms with van der Waals surface area (Å²) in [5, 5.41) is 1.49. The van der Waals surface area contributed by atoms with Gasteiger partial charge in [0.25, 0.3) is 0 Å². The lowest BCUT2D eigenvalue weighted by molar-refractivity contribution is -0.137. The standard InChI is InChI=1S/C10H4BrF4NS/c11-9-16-8(4-17-9)6-3-5(10(13,14)15)1-2-7(6)12/h1-4H. The lowest BCUT2D eigenvalue weighted by Crippen LogP contribution is -2.05. The van der Waals surface area contributed by atoms with Crippen molar-refractivity contribution in [3.05, 3.63) is 38.9 Å². The van der Waals surface area contributed by atoms with Crippen LogP contribution in [0.15, 0.2) is 27.5 Å². The van der Waals surface area contributed by atoms with Crippen LogP contribution in [0.25, 0.3) is 11.3 Å². The summed E-state index contributed by atoms with van der Waals surface area (Å²) in [4.78, 5) is 3.89. The second-order valence-electron chi connectivity index (χ2n) is 3.18. The van der Waals surface area contributed by atoms with Crippen molar-refractivity contribution in [3.63, 3.8) is 0 Å². The summed E-state index contributed by atoms with van der Waals surface area (Å²) >= 11 is 4.25. The van der Waals surface area contributed by atoms with Crippen LogP contribution in [0, 0.1) is 5.82 Å². The molecule has 90 valence electrons. The van der Waals surface area contributed by atoms with Gasteiger partial charge in [0.1, 0.15) is 5.82 Å². The predicted octanol–water partition coefficient (Wildman–Crippen LogP) is 4.73. The van der Waals surface area contributed by atoms with E-state index in [1.807, 2.05) is 0 Å². The maximum atomic E-state index is 13.4. The first kappa shape index (κ1) is 12.5. The van der Waals surface area contributed by atoms with Gasteiger partial charge in [-0.2, -0.15) is 13.2 Å². The minimum absolute atomic E-state index is 0.151. The van der Waals surface area contributed by atoms with Crippen molar-refractivity contribution in [1.29, 1.82) is 0 Å². The molecular formula is C10H4BrF4NS. The number of thiazole rings is 1. The molecule has 0 saturated carbocycles. The zero-order valence-corrected chi connectivity index (χ0v) is 10.5. The van der Waals surface area contributed by atoms with Gasteiger partial charge in [0.05, 0.1) is 11.3 Å². The van der Waals surface area contributed by atoms with Gasteiger partial charge in [-0.05, 0) is 34.1 Å². The Bertz CT molecular complexity index is 549. The summed E-state index contributed by atoms with van der Waals surface area (Å²) in [5.41, 5.74) is -0.856. The van der Waals surface area contributed by atoms with Gasteiger partial charge in [-0.3, -0.25) is 0 Å². The van der Waals surface area contributed by atoms with Crippen LogP contribution in [-0.4, -0.2) is 4.98 Å². The van der Waals surface area contributed by atoms with Gasteiger partial charge in [0, 0.05) is 10.9 Å². The van der Waals surface area contributed by atoms with Crippen molar-refractivity contribution < 1.29 is 17.6 Å². The Kier molecular flexibility index (Phi) is 3.22. The number of benzene rings is 1. The molecule has 0 spiro atoms. The molecule has 7 heteroatoms. The fraction of sp³-hybridized carbons (Fsp3) is 0.100. The normalized spacial score (nSPS) is 11.8. The molecule has 1 aromatic heterocycles. The minimum Gasteiger partial charge on any atom is -0.229 e. The van der Waals surface area contributed by atoms with E-state index in [0.29, 0.717) is 9.98 Å². The number of nitrogens with zero attached hydrogens (tertiary/aromatic N) is 1. The zero-order chi connectivity index (χ0) is 12.6. The van der Waals surface area contributed by atoms with Crippen LogP contribution >= 0.6 is 27.3 Å². The molecule has 0 aliphatic carbocycles. The van der Waals surface area contributed by atoms with Crippen molar-refractivity contribution in [2.45, 2.75) is 6.18 Å². The molecule has 1 aromatic carbocycles. The highest BCUT2D eigenvalue weighted by Gasteiger charge is 2.31. The van der Waals surface area contributed by atoms with Gasteiger partial charge >= 0.3 is 6.18 Å². The van der Waals surface area contributed by atoms with Crippen molar-refractivity contribution in [3.8, 4) is 11.3 Å². The van der Waals surface area contributed by atoms with Crippen molar-refractivity contribution >= 4 is 27.3 Å². The second-order valence-corrected chi connectivity index (χ2v) is 5.31. The van der Waals surface area contributed by atoms with Crippen LogP contribution in [0.1, 0.15) is 5.56 Å². The first-order chi connectivity index (χ1) is 7.88. The Morgan fingerprint density at radius 2 is 1.94 bits per heavy atom. The van der Waals surface area contributed by atoms with E-state index in [0.717, 1.165) is 12.1 Å². The average Bonchev–Trinajstić information content (AvgIpc) is 2.63. The summed E-state index contributed by atoms with van der Waals surface area (Å²) in [6.45, 7) is 0. The molecule has 2 rings (SSSR count). The van der Waals surface area contributed by atoms with Crippen molar-refractivity contribution in [2.75, 3.05) is 0 Å². The maximum absolute atomic E-state index is 13.4. The smallest absolute Gasteiger partial charge is 0.229 e. The van der Waals surface area contributed by atoms with E-state index in [-0.39, 0.29) is 11.3 Å². The molecular weight excluding hydrogens is 322 g/mol. The number of rotatable bonds is 1. The average molecular weight is 326 g/mol. The van der Waals surface area contributed by atoms with Crippen LogP contribution in [0.3, 0.4) is 0 Å². The highest BCUT2D eigenvalue weighted by molar-refractivity contribution is 9.11. The van der Waals surface area contributed by atoms with Crippen LogP contribution in [-0.2, 0) is 6.18 Å². The van der Waals surface area contributed by atoms with Gasteiger partial charge in [0.15, 0.2) is 3.92 Å². The second kappa shape index (κ2) is 4.38. The van der Waals surface area contributed by atoms with Crippen LogP contribution in [0.5, 0.6) is 0 Å². The molecule has 0 unspecified atom stereocenters. The fourth-order valence-electron chi connectivity index (χ4n) is 1.27. The molecule has 0 amide bonds. The van der Waals surface area contributed by atoms with Crippen LogP contribution in [0.2, 0.25) is 0 Å². The molecule has 0 aliphatic heterocycles. The third kappa shape index (κ3) is 2.66. The summed E-state index contributed by atoms with van der Waals surface area (Å²) in [6.07, 6.45) is -4.49. The largest absolute Gasteiger partial charge is 0.416 e. The first-order valence-corrected chi connectivity index (χ1v) is 6.03. The molecule has 0 fully saturated rings. The Labute approximate surface area is 106 Å². The van der Waals surface area contributed by atoms with E-state index in [4.69, 9.17) is 0 Å². The maximum Gasteiger partial charge on any atom is 0.416 e. The van der Waals surface area contributed by atoms with E-state index in [9.17, 15) is 17.6 Å². The van der Waals surface area contributed by atoms with Crippen molar-refractivity contribution in [1.82, 2.24) is 4.98 Å². The molecule has 0 radical (unpaired) electrons. The number of hydrogen-bond acceptors (Lipinski definition) is 2. The van der Waals surface area contributed by atoms with Crippen LogP contribution < -0.4 is 0 Å². The van der Waals surface area contributed by atoms with Crippen LogP contribution in [0.4, 0.5) is 17.6 Å². The third-order valence-electron chi connectivity index (χ3n) is 2.05. The molecule has 0 aliphatic rings. The quantitative estimate of drug-likeness (QED) is 0.691. The predicted molar refractivity (Wildman–Crippen MR) is 60.2 cm³/mol. The molecule has 0 saturated heterocycles. The molecule has 1 heterocycles. The summed E-state index contributed by atoms with van der Waals surface area (Å²) < 4.78 is 51.3. The van der Waals surface area contributed by atoms with E-state index in [1.54, 1.807) is 0 Å². The van der Waals surface area contributed by atoms with Gasteiger partial charge in [-0.1, -0.05) is 0 Å². The Balaban J connectivity index is 2.54. The number of halogens is 5. The van der Waals surface area contributed by atoms with E-state index in [1.165, 1.54) is 16.7 Å². The van der Waals surface area contributed by atoms with E-state index >= 15 is 0 Å². The minimum atomic E-state index is -4.49. The summed E-state index contributed by atoms with van der Waals surface area (Å²) in [6, 6.07) is 2.27. The Morgan fingerprint density at radius 1 is 1.24 bits per heavy atom. The molecule has 1 nitrogen and oxygen atoms in total. The van der Waals surface area contributed by atoms with E-state index in [2.05, 4.69) is 20.9 Å².